The van der Waals surface area contributed by atoms with Crippen LogP contribution in [0.1, 0.15) is 38.7 Å². The molecule has 1 atom stereocenters. The van der Waals surface area contributed by atoms with Crippen molar-refractivity contribution in [3.63, 3.8) is 0 Å². The van der Waals surface area contributed by atoms with Crippen molar-refractivity contribution in [1.29, 1.82) is 0 Å². The number of rotatable bonds is 5. The van der Waals surface area contributed by atoms with Gasteiger partial charge in [0.15, 0.2) is 0 Å². The molecule has 1 aromatic rings. The summed E-state index contributed by atoms with van der Waals surface area (Å²) in [6, 6.07) is 6.23. The van der Waals surface area contributed by atoms with E-state index in [2.05, 4.69) is 22.5 Å². The van der Waals surface area contributed by atoms with Gasteiger partial charge in [0.1, 0.15) is 5.75 Å². The Hall–Kier alpha value is -2.30. The second-order valence-electron chi connectivity index (χ2n) is 6.11. The lowest BCUT2D eigenvalue weighted by Gasteiger charge is -2.25. The van der Waals surface area contributed by atoms with Crippen LogP contribution in [0.25, 0.3) is 5.57 Å². The van der Waals surface area contributed by atoms with Gasteiger partial charge in [0, 0.05) is 37.2 Å². The van der Waals surface area contributed by atoms with Crippen LogP contribution in [0, 0.1) is 0 Å². The Morgan fingerprint density at radius 3 is 3.04 bits per heavy atom. The summed E-state index contributed by atoms with van der Waals surface area (Å²) >= 11 is 0. The highest BCUT2D eigenvalue weighted by molar-refractivity contribution is 5.94. The quantitative estimate of drug-likeness (QED) is 0.904. The Labute approximate surface area is 143 Å². The van der Waals surface area contributed by atoms with Gasteiger partial charge in [0.25, 0.3) is 0 Å². The van der Waals surface area contributed by atoms with Crippen molar-refractivity contribution in [2.75, 3.05) is 24.6 Å². The molecule has 0 aromatic heterocycles. The number of carbonyl (C=O) groups excluding carboxylic acids is 1. The average Bonchev–Trinajstić information content (AvgIpc) is 3.09. The maximum absolute atomic E-state index is 12.4. The molecule has 0 saturated carbocycles. The fourth-order valence-corrected chi connectivity index (χ4v) is 3.20. The summed E-state index contributed by atoms with van der Waals surface area (Å²) in [6.07, 6.45) is 6.29. The molecular formula is C19H25N3O2. The minimum atomic E-state index is 0.173. The number of benzene rings is 1. The normalized spacial score (nSPS) is 20.4. The lowest BCUT2D eigenvalue weighted by atomic mass is 9.96. The number of nitrogens with zero attached hydrogens (tertiary/aromatic N) is 2. The maximum Gasteiger partial charge on any atom is 0.226 e. The summed E-state index contributed by atoms with van der Waals surface area (Å²) in [5, 5.41) is 3.13. The highest BCUT2D eigenvalue weighted by atomic mass is 16.5. The van der Waals surface area contributed by atoms with Crippen molar-refractivity contribution in [2.45, 2.75) is 39.2 Å². The first kappa shape index (κ1) is 16.6. The highest BCUT2D eigenvalue weighted by Gasteiger charge is 2.21. The first-order valence-corrected chi connectivity index (χ1v) is 8.76. The van der Waals surface area contributed by atoms with Crippen molar-refractivity contribution in [2.24, 2.45) is 4.99 Å². The third kappa shape index (κ3) is 3.45. The Morgan fingerprint density at radius 1 is 1.46 bits per heavy atom. The Balaban J connectivity index is 1.92. The lowest BCUT2D eigenvalue weighted by Crippen LogP contribution is -2.30. The van der Waals surface area contributed by atoms with Gasteiger partial charge in [0.05, 0.1) is 19.0 Å². The Bertz CT molecular complexity index is 667. The summed E-state index contributed by atoms with van der Waals surface area (Å²) in [4.78, 5) is 18.6. The predicted octanol–water partition coefficient (Wildman–Crippen LogP) is 3.01. The van der Waals surface area contributed by atoms with Crippen molar-refractivity contribution in [3.8, 4) is 5.75 Å². The van der Waals surface area contributed by atoms with Gasteiger partial charge in [-0.25, -0.2) is 0 Å². The minimum absolute atomic E-state index is 0.173. The monoisotopic (exact) mass is 327 g/mol. The summed E-state index contributed by atoms with van der Waals surface area (Å²) in [5.74, 6) is 1.07. The van der Waals surface area contributed by atoms with E-state index < -0.39 is 0 Å². The zero-order valence-corrected chi connectivity index (χ0v) is 14.4. The van der Waals surface area contributed by atoms with Crippen LogP contribution >= 0.6 is 0 Å². The summed E-state index contributed by atoms with van der Waals surface area (Å²) < 4.78 is 5.80. The molecule has 5 nitrogen and oxygen atoms in total. The van der Waals surface area contributed by atoms with Crippen LogP contribution in [0.15, 0.2) is 29.3 Å². The molecule has 0 spiro atoms. The van der Waals surface area contributed by atoms with Crippen LogP contribution in [0.2, 0.25) is 0 Å². The van der Waals surface area contributed by atoms with Gasteiger partial charge in [-0.3, -0.25) is 9.79 Å². The maximum atomic E-state index is 12.4. The predicted molar refractivity (Wildman–Crippen MR) is 97.7 cm³/mol. The van der Waals surface area contributed by atoms with E-state index in [1.54, 1.807) is 6.34 Å². The van der Waals surface area contributed by atoms with Crippen molar-refractivity contribution in [3.05, 3.63) is 29.8 Å². The third-order valence-electron chi connectivity index (χ3n) is 4.41. The number of hydrogen-bond donors (Lipinski definition) is 1. The summed E-state index contributed by atoms with van der Waals surface area (Å²) in [6.45, 7) is 6.25. The van der Waals surface area contributed by atoms with Gasteiger partial charge in [0.2, 0.25) is 5.91 Å². The second kappa shape index (κ2) is 7.51. The molecule has 2 aliphatic heterocycles. The molecule has 1 N–H and O–H groups in total. The molecule has 0 fully saturated rings. The smallest absolute Gasteiger partial charge is 0.226 e. The number of fused-ring (bicyclic) bond motifs is 1. The second-order valence-corrected chi connectivity index (χ2v) is 6.11. The van der Waals surface area contributed by atoms with Gasteiger partial charge in [-0.15, -0.1) is 0 Å². The van der Waals surface area contributed by atoms with Crippen LogP contribution in [-0.2, 0) is 4.79 Å². The number of amides is 1. The van der Waals surface area contributed by atoms with E-state index in [9.17, 15) is 4.79 Å². The van der Waals surface area contributed by atoms with E-state index in [0.29, 0.717) is 19.6 Å². The van der Waals surface area contributed by atoms with E-state index in [1.807, 2.05) is 30.9 Å². The number of carbonyl (C=O) groups is 1. The standard InChI is InChI=1S/C19H25N3O2/c1-3-5-19(23)22(4-2)16-6-7-18-17(11-16)14(8-9-24-18)10-15-12-20-13-21-15/h6-7,10-11,13,15H,3-5,8-9,12H2,1-2H3,(H,20,21)/b14-10+. The van der Waals surface area contributed by atoms with E-state index in [-0.39, 0.29) is 11.9 Å². The molecule has 128 valence electrons. The molecule has 1 unspecified atom stereocenters. The number of nitrogens with one attached hydrogen (secondary N) is 1. The van der Waals surface area contributed by atoms with Gasteiger partial charge in [-0.2, -0.15) is 0 Å². The molecule has 5 heteroatoms. The summed E-state index contributed by atoms with van der Waals surface area (Å²) in [7, 11) is 0. The van der Waals surface area contributed by atoms with Gasteiger partial charge < -0.3 is 15.0 Å². The van der Waals surface area contributed by atoms with Gasteiger partial charge in [-0.05, 0) is 37.1 Å². The van der Waals surface area contributed by atoms with E-state index >= 15 is 0 Å². The van der Waals surface area contributed by atoms with Gasteiger partial charge >= 0.3 is 0 Å². The zero-order valence-electron chi connectivity index (χ0n) is 14.4. The topological polar surface area (TPSA) is 53.9 Å². The minimum Gasteiger partial charge on any atom is -0.493 e. The van der Waals surface area contributed by atoms with Crippen LogP contribution in [0.4, 0.5) is 5.69 Å². The Kier molecular flexibility index (Phi) is 5.18. The highest BCUT2D eigenvalue weighted by Crippen LogP contribution is 2.36. The molecule has 3 rings (SSSR count). The average molecular weight is 327 g/mol. The largest absolute Gasteiger partial charge is 0.493 e. The zero-order chi connectivity index (χ0) is 16.9. The van der Waals surface area contributed by atoms with Crippen molar-refractivity contribution < 1.29 is 9.53 Å². The van der Waals surface area contributed by atoms with Crippen LogP contribution in [-0.4, -0.2) is 38.0 Å². The molecule has 0 bridgehead atoms. The Morgan fingerprint density at radius 2 is 2.33 bits per heavy atom. The van der Waals surface area contributed by atoms with Crippen molar-refractivity contribution in [1.82, 2.24) is 5.32 Å². The van der Waals surface area contributed by atoms with Crippen molar-refractivity contribution >= 4 is 23.5 Å². The first-order valence-electron chi connectivity index (χ1n) is 8.76. The molecule has 2 heterocycles. The molecule has 1 amide bonds. The third-order valence-corrected chi connectivity index (χ3v) is 4.41. The molecular weight excluding hydrogens is 302 g/mol. The van der Waals surface area contributed by atoms with Crippen LogP contribution < -0.4 is 15.0 Å². The number of anilines is 1. The molecule has 0 saturated heterocycles. The number of ether oxygens (including phenoxy) is 1. The number of hydrogen-bond acceptors (Lipinski definition) is 4. The van der Waals surface area contributed by atoms with E-state index in [1.165, 1.54) is 5.57 Å². The lowest BCUT2D eigenvalue weighted by molar-refractivity contribution is -0.118. The van der Waals surface area contributed by atoms with E-state index in [0.717, 1.165) is 36.4 Å². The van der Waals surface area contributed by atoms with Crippen LogP contribution in [0.3, 0.4) is 0 Å². The fraction of sp³-hybridized carbons (Fsp3) is 0.474. The molecule has 1 aromatic carbocycles. The summed E-state index contributed by atoms with van der Waals surface area (Å²) in [5.41, 5.74) is 3.28. The molecule has 0 radical (unpaired) electrons. The number of aliphatic imine (C=N–C) groups is 1. The SMILES string of the molecule is CCCC(=O)N(CC)c1ccc2c(c1)/C(=C/C1CNC=N1)CCO2. The van der Waals surface area contributed by atoms with E-state index in [4.69, 9.17) is 4.74 Å². The molecule has 24 heavy (non-hydrogen) atoms. The molecule has 2 aliphatic rings. The van der Waals surface area contributed by atoms with Gasteiger partial charge in [-0.1, -0.05) is 13.0 Å². The molecule has 0 aliphatic carbocycles. The first-order chi connectivity index (χ1) is 11.7. The van der Waals surface area contributed by atoms with Crippen LogP contribution in [0.5, 0.6) is 5.75 Å². The fourth-order valence-electron chi connectivity index (χ4n) is 3.20.